The molecule has 0 aromatic rings. The third-order valence-electron chi connectivity index (χ3n) is 4.31. The monoisotopic (exact) mass is 538 g/mol. The van der Waals surface area contributed by atoms with E-state index in [1.54, 1.807) is 0 Å². The van der Waals surface area contributed by atoms with Crippen LogP contribution in [-0.2, 0) is 31.6 Å². The molecule has 13 N–H and O–H groups in total. The van der Waals surface area contributed by atoms with Crippen molar-refractivity contribution in [3.05, 3.63) is 0 Å². The molecule has 1 fully saturated rings. The normalized spacial score (nSPS) is 33.0. The van der Waals surface area contributed by atoms with Crippen LogP contribution in [0.5, 0.6) is 0 Å². The van der Waals surface area contributed by atoms with Crippen LogP contribution in [0.1, 0.15) is 0 Å². The van der Waals surface area contributed by atoms with E-state index < -0.39 is 60.3 Å². The molecule has 3 heterocycles. The zero-order valence-corrected chi connectivity index (χ0v) is 18.9. The molecule has 0 amide bonds. The minimum atomic E-state index is -5.70. The second kappa shape index (κ2) is 8.80. The van der Waals surface area contributed by atoms with Gasteiger partial charge in [0, 0.05) is 0 Å². The maximum Gasteiger partial charge on any atom is 0.490 e. The summed E-state index contributed by atoms with van der Waals surface area (Å²) in [5, 5.41) is 10.3. The zero-order chi connectivity index (χ0) is 25.0. The van der Waals surface area contributed by atoms with Crippen molar-refractivity contribution in [3.63, 3.8) is 0 Å². The molecular weight excluding hydrogens is 517 g/mol. The first-order chi connectivity index (χ1) is 14.9. The Hall–Kier alpha value is -1.18. The van der Waals surface area contributed by atoms with E-state index in [0.29, 0.717) is 0 Å². The van der Waals surface area contributed by atoms with Crippen LogP contribution >= 0.6 is 23.5 Å². The van der Waals surface area contributed by atoms with Crippen molar-refractivity contribution in [2.45, 2.75) is 30.3 Å². The van der Waals surface area contributed by atoms with Gasteiger partial charge in [0.15, 0.2) is 12.1 Å². The van der Waals surface area contributed by atoms with E-state index in [0.717, 1.165) is 0 Å². The lowest BCUT2D eigenvalue weighted by molar-refractivity contribution is -0.0560. The highest BCUT2D eigenvalue weighted by molar-refractivity contribution is 7.66. The summed E-state index contributed by atoms with van der Waals surface area (Å²) in [6, 6.07) is -1.15. The molecule has 0 aromatic heterocycles. The highest BCUT2D eigenvalue weighted by Crippen LogP contribution is 2.66. The van der Waals surface area contributed by atoms with Crippen LogP contribution < -0.4 is 22.9 Å². The number of guanidine groups is 1. The van der Waals surface area contributed by atoms with Gasteiger partial charge in [-0.25, -0.2) is 18.7 Å². The summed E-state index contributed by atoms with van der Waals surface area (Å²) in [7, 11) is -16.7. The lowest BCUT2D eigenvalue weighted by atomic mass is 10.1. The van der Waals surface area contributed by atoms with E-state index in [1.807, 2.05) is 0 Å². The number of aliphatic imine (C=N–C) groups is 3. The molecule has 3 aliphatic heterocycles. The summed E-state index contributed by atoms with van der Waals surface area (Å²) >= 11 is 0. The SMILES string of the molecule is NC1=NC(N)(N)C2=NCN([C@@H]3O[C@H](COP(=O)(O)OP(=O)(O)OP(=O)(O)O)[C@@H](O)[C@H]3N)C2=N1. The number of nitrogens with two attached hydrogens (primary N) is 4. The Labute approximate surface area is 184 Å². The molecule has 33 heavy (non-hydrogen) atoms. The number of nitrogens with zero attached hydrogens (tertiary/aromatic N) is 4. The van der Waals surface area contributed by atoms with Crippen LogP contribution in [0.3, 0.4) is 0 Å². The summed E-state index contributed by atoms with van der Waals surface area (Å²) in [5.41, 5.74) is 23.3. The van der Waals surface area contributed by atoms with Gasteiger partial charge in [-0.2, -0.15) is 13.6 Å². The average molecular weight is 538 g/mol. The van der Waals surface area contributed by atoms with Gasteiger partial charge in [0.2, 0.25) is 11.7 Å². The Morgan fingerprint density at radius 1 is 1.15 bits per heavy atom. The molecule has 6 atom stereocenters. The Morgan fingerprint density at radius 2 is 1.79 bits per heavy atom. The van der Waals surface area contributed by atoms with E-state index in [9.17, 15) is 23.7 Å². The predicted octanol–water partition coefficient (Wildman–Crippen LogP) is -4.25. The number of hydrogen-bond acceptors (Lipinski definition) is 16. The average Bonchev–Trinajstić information content (AvgIpc) is 3.12. The number of aliphatic hydroxyl groups is 1. The standard InChI is InChI=1S/C10H21N8O12P3/c11-4-5(19)3(1-27-32(23,24)30-33(25,26)29-31(20,21)22)28-8(4)18-2-15-6-7(18)16-9(12)17-10(6,13)14/h3-5,8,19H,1-2,11,13-14H2,(H2,12,17)(H,23,24)(H,25,26)(H2,20,21,22)/t3-,4-,5-,8-/m1/s1. The molecule has 0 aromatic carbocycles. The minimum absolute atomic E-state index is 0.0682. The Kier molecular flexibility index (Phi) is 7.04. The number of aliphatic hydroxyl groups excluding tert-OH is 1. The van der Waals surface area contributed by atoms with E-state index in [2.05, 4.69) is 28.1 Å². The minimum Gasteiger partial charge on any atom is -0.389 e. The van der Waals surface area contributed by atoms with Crippen molar-refractivity contribution in [2.75, 3.05) is 13.3 Å². The van der Waals surface area contributed by atoms with Crippen LogP contribution in [0.15, 0.2) is 15.0 Å². The van der Waals surface area contributed by atoms with Gasteiger partial charge in [-0.05, 0) is 0 Å². The van der Waals surface area contributed by atoms with E-state index >= 15 is 0 Å². The van der Waals surface area contributed by atoms with Crippen molar-refractivity contribution >= 4 is 41.0 Å². The predicted molar refractivity (Wildman–Crippen MR) is 107 cm³/mol. The maximum atomic E-state index is 11.9. The number of phosphoric ester groups is 1. The van der Waals surface area contributed by atoms with Crippen LogP contribution in [0.4, 0.5) is 0 Å². The zero-order valence-electron chi connectivity index (χ0n) is 16.3. The van der Waals surface area contributed by atoms with Gasteiger partial charge in [0.1, 0.15) is 24.6 Å². The lowest BCUT2D eigenvalue weighted by Crippen LogP contribution is -2.62. The summed E-state index contributed by atoms with van der Waals surface area (Å²) in [5.74, 6) is -1.94. The topological polar surface area (TPSA) is 334 Å². The molecular formula is C10H21N8O12P3. The quantitative estimate of drug-likeness (QED) is 0.104. The Balaban J connectivity index is 1.66. The van der Waals surface area contributed by atoms with Crippen molar-refractivity contribution in [1.82, 2.24) is 4.90 Å². The molecule has 0 spiro atoms. The first-order valence-electron chi connectivity index (χ1n) is 8.62. The van der Waals surface area contributed by atoms with E-state index in [4.69, 9.17) is 42.4 Å². The summed E-state index contributed by atoms with van der Waals surface area (Å²) < 4.78 is 51.1. The first-order valence-corrected chi connectivity index (χ1v) is 13.1. The molecule has 0 radical (unpaired) electrons. The number of rotatable bonds is 8. The molecule has 0 bridgehead atoms. The van der Waals surface area contributed by atoms with Crippen LogP contribution in [0.2, 0.25) is 0 Å². The molecule has 0 aliphatic carbocycles. The van der Waals surface area contributed by atoms with Crippen molar-refractivity contribution in [3.8, 4) is 0 Å². The molecule has 23 heteroatoms. The molecule has 1 saturated heterocycles. The van der Waals surface area contributed by atoms with Gasteiger partial charge < -0.3 is 45.8 Å². The fraction of sp³-hybridized carbons (Fsp3) is 0.700. The number of hydrogen-bond donors (Lipinski definition) is 9. The summed E-state index contributed by atoms with van der Waals surface area (Å²) in [6.07, 6.45) is -4.01. The van der Waals surface area contributed by atoms with Crippen molar-refractivity contribution in [2.24, 2.45) is 37.9 Å². The van der Waals surface area contributed by atoms with Crippen molar-refractivity contribution < 1.29 is 56.3 Å². The summed E-state index contributed by atoms with van der Waals surface area (Å²) in [6.45, 7) is -1.02. The fourth-order valence-corrected chi connectivity index (χ4v) is 6.11. The van der Waals surface area contributed by atoms with Crippen molar-refractivity contribution in [1.29, 1.82) is 0 Å². The van der Waals surface area contributed by atoms with Crippen LogP contribution in [-0.4, -0.2) is 90.6 Å². The van der Waals surface area contributed by atoms with E-state index in [1.165, 1.54) is 4.90 Å². The largest absolute Gasteiger partial charge is 0.490 e. The van der Waals surface area contributed by atoms with Gasteiger partial charge >= 0.3 is 23.5 Å². The van der Waals surface area contributed by atoms with Gasteiger partial charge in [0.25, 0.3) is 0 Å². The number of amidine groups is 1. The Morgan fingerprint density at radius 3 is 2.39 bits per heavy atom. The van der Waals surface area contributed by atoms with Gasteiger partial charge in [-0.1, -0.05) is 0 Å². The molecule has 20 nitrogen and oxygen atoms in total. The number of phosphoric acid groups is 3. The Bertz CT molecular complexity index is 1040. The summed E-state index contributed by atoms with van der Waals surface area (Å²) in [4.78, 5) is 49.0. The van der Waals surface area contributed by atoms with Crippen LogP contribution in [0, 0.1) is 0 Å². The second-order valence-corrected chi connectivity index (χ2v) is 11.3. The molecule has 188 valence electrons. The third kappa shape index (κ3) is 6.09. The maximum absolute atomic E-state index is 11.9. The first kappa shape index (κ1) is 26.4. The second-order valence-electron chi connectivity index (χ2n) is 6.87. The van der Waals surface area contributed by atoms with E-state index in [-0.39, 0.29) is 24.2 Å². The highest BCUT2D eigenvalue weighted by Gasteiger charge is 2.50. The smallest absolute Gasteiger partial charge is 0.389 e. The molecule has 3 rings (SSSR count). The fourth-order valence-electron chi connectivity index (χ4n) is 3.08. The molecule has 0 saturated carbocycles. The van der Waals surface area contributed by atoms with Crippen LogP contribution in [0.25, 0.3) is 0 Å². The van der Waals surface area contributed by atoms with Gasteiger partial charge in [0.05, 0.1) is 12.6 Å². The van der Waals surface area contributed by atoms with Gasteiger partial charge in [-0.15, -0.1) is 0 Å². The molecule has 2 unspecified atom stereocenters. The van der Waals surface area contributed by atoms with Gasteiger partial charge in [-0.3, -0.25) is 21.0 Å². The third-order valence-corrected chi connectivity index (χ3v) is 8.11. The highest BCUT2D eigenvalue weighted by atomic mass is 31.3. The number of fused-ring (bicyclic) bond motifs is 1. The number of ether oxygens (including phenoxy) is 1. The lowest BCUT2D eigenvalue weighted by Gasteiger charge is -2.31. The molecule has 3 aliphatic rings.